The first kappa shape index (κ1) is 11.3. The number of hydrogen-bond donors (Lipinski definition) is 1. The topological polar surface area (TPSA) is 37.3 Å². The number of carboxylic acid groups (broad SMARTS) is 1. The van der Waals surface area contributed by atoms with Gasteiger partial charge in [0.1, 0.15) is 0 Å². The summed E-state index contributed by atoms with van der Waals surface area (Å²) in [6, 6.07) is 0. The van der Waals surface area contributed by atoms with Crippen LogP contribution in [-0.2, 0) is 4.79 Å². The second-order valence-corrected chi connectivity index (χ2v) is 3.21. The van der Waals surface area contributed by atoms with Gasteiger partial charge in [-0.3, -0.25) is 0 Å². The average Bonchev–Trinajstić information content (AvgIpc) is 1.68. The standard InChI is InChI=1S/C4H6O2.C2H8Si/c1-3(2)4(5)6;1-3-2/h1H2,2H3,(H,5,6);3H2,1-2H3. The first-order valence-electron chi connectivity index (χ1n) is 2.95. The summed E-state index contributed by atoms with van der Waals surface area (Å²) in [6.45, 7) is 9.13. The van der Waals surface area contributed by atoms with Crippen LogP contribution in [0.3, 0.4) is 0 Å². The minimum Gasteiger partial charge on any atom is -0.478 e. The lowest BCUT2D eigenvalue weighted by molar-refractivity contribution is -0.132. The molecule has 0 radical (unpaired) electrons. The number of hydrogen-bond acceptors (Lipinski definition) is 1. The van der Waals surface area contributed by atoms with Crippen molar-refractivity contribution in [1.82, 2.24) is 0 Å². The highest BCUT2D eigenvalue weighted by atomic mass is 28.2. The van der Waals surface area contributed by atoms with Crippen LogP contribution in [0.4, 0.5) is 0 Å². The highest BCUT2D eigenvalue weighted by molar-refractivity contribution is 6.31. The molecule has 0 aromatic carbocycles. The lowest BCUT2D eigenvalue weighted by atomic mass is 10.4. The van der Waals surface area contributed by atoms with Gasteiger partial charge in [0, 0.05) is 15.1 Å². The van der Waals surface area contributed by atoms with Crippen molar-refractivity contribution in [3.63, 3.8) is 0 Å². The van der Waals surface area contributed by atoms with E-state index in [4.69, 9.17) is 5.11 Å². The number of carbonyl (C=O) groups is 1. The maximum Gasteiger partial charge on any atom is 0.330 e. The van der Waals surface area contributed by atoms with E-state index in [0.717, 1.165) is 0 Å². The third-order valence-electron chi connectivity index (χ3n) is 0.365. The summed E-state index contributed by atoms with van der Waals surface area (Å²) in [5, 5.41) is 7.89. The highest BCUT2D eigenvalue weighted by Crippen LogP contribution is 1.81. The molecule has 54 valence electrons. The molecule has 0 fully saturated rings. The predicted octanol–water partition coefficient (Wildman–Crippen LogP) is 0.898. The van der Waals surface area contributed by atoms with Crippen molar-refractivity contribution in [3.8, 4) is 0 Å². The molecule has 0 aromatic heterocycles. The van der Waals surface area contributed by atoms with Gasteiger partial charge in [0.25, 0.3) is 0 Å². The van der Waals surface area contributed by atoms with Crippen molar-refractivity contribution < 1.29 is 9.90 Å². The maximum absolute atomic E-state index is 9.60. The molecule has 1 N–H and O–H groups in total. The van der Waals surface area contributed by atoms with Crippen molar-refractivity contribution in [3.05, 3.63) is 12.2 Å². The second kappa shape index (κ2) is 7.43. The van der Waals surface area contributed by atoms with Crippen LogP contribution in [0, 0.1) is 0 Å². The zero-order valence-electron chi connectivity index (χ0n) is 6.27. The summed E-state index contributed by atoms with van der Waals surface area (Å²) >= 11 is 0. The molecule has 0 aliphatic rings. The monoisotopic (exact) mass is 146 g/mol. The molecule has 0 saturated heterocycles. The fraction of sp³-hybridized carbons (Fsp3) is 0.500. The van der Waals surface area contributed by atoms with Gasteiger partial charge in [-0.1, -0.05) is 19.7 Å². The van der Waals surface area contributed by atoms with E-state index in [1.54, 1.807) is 0 Å². The summed E-state index contributed by atoms with van der Waals surface area (Å²) in [4.78, 5) is 9.60. The Hall–Kier alpha value is -0.573. The summed E-state index contributed by atoms with van der Waals surface area (Å²) in [5.74, 6) is -0.935. The van der Waals surface area contributed by atoms with Gasteiger partial charge in [0.2, 0.25) is 0 Å². The third kappa shape index (κ3) is 18.6. The van der Waals surface area contributed by atoms with Crippen LogP contribution in [0.1, 0.15) is 6.92 Å². The van der Waals surface area contributed by atoms with Gasteiger partial charge < -0.3 is 5.11 Å². The molecule has 0 aliphatic heterocycles. The molecule has 0 atom stereocenters. The van der Waals surface area contributed by atoms with E-state index in [2.05, 4.69) is 19.7 Å². The maximum atomic E-state index is 9.60. The molecule has 9 heavy (non-hydrogen) atoms. The van der Waals surface area contributed by atoms with Crippen LogP contribution >= 0.6 is 0 Å². The Morgan fingerprint density at radius 1 is 1.56 bits per heavy atom. The molecular formula is C6H14O2Si. The van der Waals surface area contributed by atoms with Gasteiger partial charge >= 0.3 is 5.97 Å². The van der Waals surface area contributed by atoms with E-state index in [1.165, 1.54) is 6.92 Å². The quantitative estimate of drug-likeness (QED) is 0.441. The van der Waals surface area contributed by atoms with Gasteiger partial charge in [0.05, 0.1) is 0 Å². The minimum atomic E-state index is -0.935. The Morgan fingerprint density at radius 3 is 1.67 bits per heavy atom. The zero-order chi connectivity index (χ0) is 7.86. The summed E-state index contributed by atoms with van der Waals surface area (Å²) in [7, 11) is 0.417. The summed E-state index contributed by atoms with van der Waals surface area (Å²) in [5.41, 5.74) is 0.176. The van der Waals surface area contributed by atoms with E-state index >= 15 is 0 Å². The molecule has 0 bridgehead atoms. The first-order chi connectivity index (χ1) is 4.06. The minimum absolute atomic E-state index is 0.176. The number of rotatable bonds is 1. The molecule has 0 heterocycles. The molecule has 0 rings (SSSR count). The first-order valence-corrected chi connectivity index (χ1v) is 5.77. The smallest absolute Gasteiger partial charge is 0.330 e. The van der Waals surface area contributed by atoms with Crippen molar-refractivity contribution in [2.24, 2.45) is 0 Å². The van der Waals surface area contributed by atoms with Crippen molar-refractivity contribution in [1.29, 1.82) is 0 Å². The van der Waals surface area contributed by atoms with Gasteiger partial charge in [0.15, 0.2) is 0 Å². The van der Waals surface area contributed by atoms with Crippen LogP contribution < -0.4 is 0 Å². The number of aliphatic carboxylic acids is 1. The van der Waals surface area contributed by atoms with Gasteiger partial charge in [-0.25, -0.2) is 4.79 Å². The van der Waals surface area contributed by atoms with Gasteiger partial charge in [-0.05, 0) is 6.92 Å². The van der Waals surface area contributed by atoms with Crippen LogP contribution in [0.25, 0.3) is 0 Å². The highest BCUT2D eigenvalue weighted by Gasteiger charge is 1.90. The normalized spacial score (nSPS) is 7.00. The van der Waals surface area contributed by atoms with Crippen molar-refractivity contribution in [2.75, 3.05) is 0 Å². The van der Waals surface area contributed by atoms with E-state index in [9.17, 15) is 4.79 Å². The summed E-state index contributed by atoms with van der Waals surface area (Å²) in [6.07, 6.45) is 0. The Kier molecular flexibility index (Phi) is 9.29. The molecule has 0 amide bonds. The van der Waals surface area contributed by atoms with Crippen molar-refractivity contribution >= 4 is 15.5 Å². The molecule has 0 aromatic rings. The lowest BCUT2D eigenvalue weighted by Gasteiger charge is -1.79. The lowest BCUT2D eigenvalue weighted by Crippen LogP contribution is -1.92. The summed E-state index contributed by atoms with van der Waals surface area (Å²) < 4.78 is 0. The van der Waals surface area contributed by atoms with Crippen LogP contribution in [-0.4, -0.2) is 20.6 Å². The predicted molar refractivity (Wildman–Crippen MR) is 42.7 cm³/mol. The van der Waals surface area contributed by atoms with Crippen LogP contribution in [0.2, 0.25) is 13.1 Å². The SMILES string of the molecule is C=C(C)C(=O)O.C[SiH2]C. The van der Waals surface area contributed by atoms with Gasteiger partial charge in [-0.15, -0.1) is 0 Å². The number of carboxylic acids is 1. The van der Waals surface area contributed by atoms with E-state index in [1.807, 2.05) is 0 Å². The Balaban J connectivity index is 0. The molecular weight excluding hydrogens is 132 g/mol. The Labute approximate surface area is 58.4 Å². The van der Waals surface area contributed by atoms with E-state index < -0.39 is 5.97 Å². The fourth-order valence-electron chi connectivity index (χ4n) is 0. The fourth-order valence-corrected chi connectivity index (χ4v) is 0. The molecule has 0 saturated carbocycles. The second-order valence-electron chi connectivity index (χ2n) is 1.79. The van der Waals surface area contributed by atoms with Crippen LogP contribution in [0.5, 0.6) is 0 Å². The van der Waals surface area contributed by atoms with Crippen molar-refractivity contribution in [2.45, 2.75) is 20.0 Å². The molecule has 0 unspecified atom stereocenters. The van der Waals surface area contributed by atoms with Crippen LogP contribution in [0.15, 0.2) is 12.2 Å². The third-order valence-corrected chi connectivity index (χ3v) is 0.365. The molecule has 2 nitrogen and oxygen atoms in total. The van der Waals surface area contributed by atoms with E-state index in [-0.39, 0.29) is 5.57 Å². The zero-order valence-corrected chi connectivity index (χ0v) is 7.68. The molecule has 3 heteroatoms. The van der Waals surface area contributed by atoms with E-state index in [0.29, 0.717) is 9.52 Å². The average molecular weight is 146 g/mol. The Morgan fingerprint density at radius 2 is 1.67 bits per heavy atom. The van der Waals surface area contributed by atoms with Gasteiger partial charge in [-0.2, -0.15) is 0 Å². The molecule has 0 aliphatic carbocycles. The molecule has 0 spiro atoms. The largest absolute Gasteiger partial charge is 0.478 e. The Bertz CT molecular complexity index is 87.2.